The lowest BCUT2D eigenvalue weighted by atomic mass is 9.95. The van der Waals surface area contributed by atoms with Crippen LogP contribution in [0, 0.1) is 0 Å². The summed E-state index contributed by atoms with van der Waals surface area (Å²) in [5.74, 6) is 0. The van der Waals surface area contributed by atoms with Crippen LogP contribution >= 0.6 is 11.6 Å². The normalized spacial score (nSPS) is 27.9. The molecule has 0 aromatic heterocycles. The molecule has 0 saturated heterocycles. The summed E-state index contributed by atoms with van der Waals surface area (Å²) in [5, 5.41) is 4.02. The first-order chi connectivity index (χ1) is 6.83. The first-order valence-corrected chi connectivity index (χ1v) is 6.13. The predicted octanol–water partition coefficient (Wildman–Crippen LogP) is 2.55. The van der Waals surface area contributed by atoms with E-state index in [-0.39, 0.29) is 0 Å². The molecule has 0 radical (unpaired) electrons. The van der Waals surface area contributed by atoms with Crippen molar-refractivity contribution in [3.8, 4) is 0 Å². The van der Waals surface area contributed by atoms with E-state index in [9.17, 15) is 0 Å². The summed E-state index contributed by atoms with van der Waals surface area (Å²) < 4.78 is 5.00. The van der Waals surface area contributed by atoms with Gasteiger partial charge >= 0.3 is 0 Å². The molecule has 1 aliphatic rings. The highest BCUT2D eigenvalue weighted by molar-refractivity contribution is 6.20. The van der Waals surface area contributed by atoms with Crippen LogP contribution in [0.15, 0.2) is 0 Å². The molecule has 0 heterocycles. The van der Waals surface area contributed by atoms with Crippen molar-refractivity contribution in [3.63, 3.8) is 0 Å². The van der Waals surface area contributed by atoms with Crippen LogP contribution in [0.1, 0.15) is 38.5 Å². The van der Waals surface area contributed by atoms with Gasteiger partial charge in [-0.1, -0.05) is 0 Å². The van der Waals surface area contributed by atoms with Crippen molar-refractivity contribution in [1.29, 1.82) is 0 Å². The second-order valence-corrected chi connectivity index (χ2v) is 4.72. The van der Waals surface area contributed by atoms with Gasteiger partial charge in [-0.25, -0.2) is 0 Å². The van der Waals surface area contributed by atoms with Gasteiger partial charge in [0.2, 0.25) is 0 Å². The maximum absolute atomic E-state index is 6.04. The van der Waals surface area contributed by atoms with E-state index in [1.807, 2.05) is 0 Å². The van der Waals surface area contributed by atoms with E-state index in [2.05, 4.69) is 5.32 Å². The van der Waals surface area contributed by atoms with E-state index in [4.69, 9.17) is 16.3 Å². The number of methoxy groups -OCH3 is 1. The maximum Gasteiger partial charge on any atom is 0.0462 e. The molecule has 1 fully saturated rings. The third kappa shape index (κ3) is 5.18. The van der Waals surface area contributed by atoms with Crippen LogP contribution in [-0.4, -0.2) is 31.7 Å². The standard InChI is InChI=1S/C11H22ClNO/c1-14-9-3-2-8-13-11-6-4-10(12)5-7-11/h10-11,13H,2-9H2,1H3. The molecule has 1 aliphatic carbocycles. The second-order valence-electron chi connectivity index (χ2n) is 4.10. The van der Waals surface area contributed by atoms with Crippen LogP contribution in [0.25, 0.3) is 0 Å². The number of hydrogen-bond donors (Lipinski definition) is 1. The molecule has 0 aliphatic heterocycles. The van der Waals surface area contributed by atoms with Crippen LogP contribution < -0.4 is 5.32 Å². The highest BCUT2D eigenvalue weighted by Gasteiger charge is 2.18. The quantitative estimate of drug-likeness (QED) is 0.548. The number of halogens is 1. The molecule has 0 atom stereocenters. The van der Waals surface area contributed by atoms with Crippen molar-refractivity contribution >= 4 is 11.6 Å². The molecule has 1 N–H and O–H groups in total. The highest BCUT2D eigenvalue weighted by Crippen LogP contribution is 2.22. The topological polar surface area (TPSA) is 21.3 Å². The molecule has 0 unspecified atom stereocenters. The van der Waals surface area contributed by atoms with Crippen LogP contribution in [0.2, 0.25) is 0 Å². The number of unbranched alkanes of at least 4 members (excludes halogenated alkanes) is 1. The highest BCUT2D eigenvalue weighted by atomic mass is 35.5. The number of ether oxygens (including phenoxy) is 1. The predicted molar refractivity (Wildman–Crippen MR) is 61.0 cm³/mol. The van der Waals surface area contributed by atoms with Crippen LogP contribution in [0.5, 0.6) is 0 Å². The van der Waals surface area contributed by atoms with Crippen LogP contribution in [0.3, 0.4) is 0 Å². The average Bonchev–Trinajstić information content (AvgIpc) is 2.21. The van der Waals surface area contributed by atoms with Gasteiger partial charge in [0.25, 0.3) is 0 Å². The fourth-order valence-corrected chi connectivity index (χ4v) is 2.19. The van der Waals surface area contributed by atoms with E-state index < -0.39 is 0 Å². The Hall–Kier alpha value is 0.210. The zero-order valence-electron chi connectivity index (χ0n) is 9.10. The number of alkyl halides is 1. The van der Waals surface area contributed by atoms with Crippen LogP contribution in [-0.2, 0) is 4.74 Å². The van der Waals surface area contributed by atoms with E-state index in [0.29, 0.717) is 11.4 Å². The van der Waals surface area contributed by atoms with Gasteiger partial charge in [0.05, 0.1) is 0 Å². The molecular weight excluding hydrogens is 198 g/mol. The van der Waals surface area contributed by atoms with Crippen molar-refractivity contribution in [2.75, 3.05) is 20.3 Å². The average molecular weight is 220 g/mol. The van der Waals surface area contributed by atoms with Crippen molar-refractivity contribution < 1.29 is 4.74 Å². The zero-order valence-corrected chi connectivity index (χ0v) is 9.85. The van der Waals surface area contributed by atoms with Crippen molar-refractivity contribution in [3.05, 3.63) is 0 Å². The van der Waals surface area contributed by atoms with Gasteiger partial charge in [-0.2, -0.15) is 0 Å². The summed E-state index contributed by atoms with van der Waals surface area (Å²) in [6.45, 7) is 2.01. The third-order valence-corrected chi connectivity index (χ3v) is 3.30. The van der Waals surface area contributed by atoms with Crippen molar-refractivity contribution in [2.45, 2.75) is 49.9 Å². The number of rotatable bonds is 6. The Morgan fingerprint density at radius 3 is 2.57 bits per heavy atom. The van der Waals surface area contributed by atoms with Crippen LogP contribution in [0.4, 0.5) is 0 Å². The Kier molecular flexibility index (Phi) is 6.57. The summed E-state index contributed by atoms with van der Waals surface area (Å²) in [6, 6.07) is 0.715. The fraction of sp³-hybridized carbons (Fsp3) is 1.00. The molecule has 3 heteroatoms. The monoisotopic (exact) mass is 219 g/mol. The Labute approximate surface area is 92.3 Å². The first kappa shape index (κ1) is 12.3. The van der Waals surface area contributed by atoms with Crippen molar-refractivity contribution in [2.24, 2.45) is 0 Å². The van der Waals surface area contributed by atoms with E-state index in [1.54, 1.807) is 7.11 Å². The molecular formula is C11H22ClNO. The summed E-state index contributed by atoms with van der Waals surface area (Å²) in [5.41, 5.74) is 0. The minimum atomic E-state index is 0.432. The number of nitrogens with one attached hydrogen (secondary N) is 1. The molecule has 0 aromatic carbocycles. The molecule has 2 nitrogen and oxygen atoms in total. The SMILES string of the molecule is COCCCCNC1CCC(Cl)CC1. The molecule has 1 saturated carbocycles. The van der Waals surface area contributed by atoms with Gasteiger partial charge in [0.15, 0.2) is 0 Å². The van der Waals surface area contributed by atoms with E-state index in [0.717, 1.165) is 19.6 Å². The second kappa shape index (κ2) is 7.49. The fourth-order valence-electron chi connectivity index (χ4n) is 1.93. The maximum atomic E-state index is 6.04. The number of hydrogen-bond acceptors (Lipinski definition) is 2. The molecule has 0 amide bonds. The van der Waals surface area contributed by atoms with Gasteiger partial charge in [-0.15, -0.1) is 11.6 Å². The lowest BCUT2D eigenvalue weighted by molar-refractivity contribution is 0.192. The van der Waals surface area contributed by atoms with Gasteiger partial charge in [0.1, 0.15) is 0 Å². The zero-order chi connectivity index (χ0) is 10.2. The largest absolute Gasteiger partial charge is 0.385 e. The summed E-state index contributed by atoms with van der Waals surface area (Å²) >= 11 is 6.04. The first-order valence-electron chi connectivity index (χ1n) is 5.69. The Morgan fingerprint density at radius 2 is 1.93 bits per heavy atom. The van der Waals surface area contributed by atoms with Gasteiger partial charge < -0.3 is 10.1 Å². The molecule has 1 rings (SSSR count). The Bertz CT molecular complexity index is 135. The summed E-state index contributed by atoms with van der Waals surface area (Å²) in [7, 11) is 1.76. The Balaban J connectivity index is 1.91. The molecule has 0 bridgehead atoms. The minimum Gasteiger partial charge on any atom is -0.385 e. The molecule has 0 spiro atoms. The Morgan fingerprint density at radius 1 is 1.21 bits per heavy atom. The van der Waals surface area contributed by atoms with Crippen molar-refractivity contribution in [1.82, 2.24) is 5.32 Å². The smallest absolute Gasteiger partial charge is 0.0462 e. The minimum absolute atomic E-state index is 0.432. The lowest BCUT2D eigenvalue weighted by Gasteiger charge is -2.25. The lowest BCUT2D eigenvalue weighted by Crippen LogP contribution is -2.34. The van der Waals surface area contributed by atoms with Gasteiger partial charge in [-0.05, 0) is 45.1 Å². The summed E-state index contributed by atoms with van der Waals surface area (Å²) in [4.78, 5) is 0. The third-order valence-electron chi connectivity index (χ3n) is 2.86. The van der Waals surface area contributed by atoms with E-state index >= 15 is 0 Å². The van der Waals surface area contributed by atoms with Gasteiger partial charge in [0, 0.05) is 25.1 Å². The molecule has 84 valence electrons. The van der Waals surface area contributed by atoms with E-state index in [1.165, 1.54) is 32.1 Å². The van der Waals surface area contributed by atoms with Gasteiger partial charge in [-0.3, -0.25) is 0 Å². The summed E-state index contributed by atoms with van der Waals surface area (Å²) in [6.07, 6.45) is 7.23. The molecule has 14 heavy (non-hydrogen) atoms. The molecule has 0 aromatic rings.